The number of carbonyl (C=O) groups is 3. The Balaban J connectivity index is 4.69. The van der Waals surface area contributed by atoms with Crippen molar-refractivity contribution >= 4 is 17.9 Å². The summed E-state index contributed by atoms with van der Waals surface area (Å²) in [6, 6.07) is 0. The van der Waals surface area contributed by atoms with Gasteiger partial charge in [0.05, 0.1) is 5.41 Å². The third kappa shape index (κ3) is 7.08. The van der Waals surface area contributed by atoms with Crippen molar-refractivity contribution in [3.63, 3.8) is 0 Å². The summed E-state index contributed by atoms with van der Waals surface area (Å²) in [5.74, 6) is -2.93. The van der Waals surface area contributed by atoms with Crippen LogP contribution in [0.5, 0.6) is 0 Å². The Morgan fingerprint density at radius 1 is 0.800 bits per heavy atom. The van der Waals surface area contributed by atoms with Crippen molar-refractivity contribution in [1.82, 2.24) is 0 Å². The van der Waals surface area contributed by atoms with Crippen LogP contribution in [0.2, 0.25) is 0 Å². The lowest BCUT2D eigenvalue weighted by molar-refractivity contribution is -0.152. The normalized spacial score (nSPS) is 11.2. The van der Waals surface area contributed by atoms with Crippen LogP contribution >= 0.6 is 0 Å². The number of carboxylic acid groups (broad SMARTS) is 3. The molecule has 0 heterocycles. The molecule has 0 aliphatic rings. The number of hydrogen-bond donors (Lipinski definition) is 4. The van der Waals surface area contributed by atoms with Gasteiger partial charge in [-0.15, -0.1) is 0 Å². The lowest BCUT2D eigenvalue weighted by atomic mass is 9.74. The molecule has 0 aromatic rings. The number of aliphatic carboxylic acids is 3. The molecule has 0 unspecified atom stereocenters. The second-order valence-electron chi connectivity index (χ2n) is 4.97. The van der Waals surface area contributed by atoms with E-state index in [0.717, 1.165) is 0 Å². The fourth-order valence-electron chi connectivity index (χ4n) is 2.29. The maximum Gasteiger partial charge on any atom is 0.309 e. The van der Waals surface area contributed by atoms with Gasteiger partial charge in [-0.1, -0.05) is 0 Å². The number of rotatable bonds is 12. The Hall–Kier alpha value is -1.63. The predicted octanol–water partition coefficient (Wildman–Crippen LogP) is 1.31. The van der Waals surface area contributed by atoms with Crippen molar-refractivity contribution in [2.24, 2.45) is 11.1 Å². The Bertz CT molecular complexity index is 322. The second kappa shape index (κ2) is 9.30. The van der Waals surface area contributed by atoms with Crippen LogP contribution < -0.4 is 5.73 Å². The zero-order valence-corrected chi connectivity index (χ0v) is 11.5. The van der Waals surface area contributed by atoms with Gasteiger partial charge < -0.3 is 21.1 Å². The van der Waals surface area contributed by atoms with Crippen molar-refractivity contribution < 1.29 is 29.7 Å². The molecule has 0 aromatic carbocycles. The van der Waals surface area contributed by atoms with Crippen molar-refractivity contribution in [1.29, 1.82) is 0 Å². The lowest BCUT2D eigenvalue weighted by Gasteiger charge is -2.29. The zero-order chi connectivity index (χ0) is 15.6. The van der Waals surface area contributed by atoms with Crippen LogP contribution in [-0.2, 0) is 14.4 Å². The molecule has 0 rings (SSSR count). The maximum absolute atomic E-state index is 11.5. The molecule has 0 aromatic heterocycles. The van der Waals surface area contributed by atoms with E-state index in [1.54, 1.807) is 0 Å². The van der Waals surface area contributed by atoms with E-state index in [1.165, 1.54) is 0 Å². The first-order valence-corrected chi connectivity index (χ1v) is 6.71. The maximum atomic E-state index is 11.5. The minimum Gasteiger partial charge on any atom is -0.481 e. The van der Waals surface area contributed by atoms with Gasteiger partial charge in [-0.25, -0.2) is 0 Å². The van der Waals surface area contributed by atoms with Crippen LogP contribution in [0.25, 0.3) is 0 Å². The van der Waals surface area contributed by atoms with E-state index < -0.39 is 23.3 Å². The highest BCUT2D eigenvalue weighted by atomic mass is 16.4. The molecule has 7 nitrogen and oxygen atoms in total. The van der Waals surface area contributed by atoms with E-state index in [1.807, 2.05) is 0 Å². The van der Waals surface area contributed by atoms with Crippen LogP contribution in [-0.4, -0.2) is 39.8 Å². The summed E-state index contributed by atoms with van der Waals surface area (Å²) in [5.41, 5.74) is 4.34. The van der Waals surface area contributed by atoms with Crippen molar-refractivity contribution in [2.75, 3.05) is 6.54 Å². The highest BCUT2D eigenvalue weighted by Gasteiger charge is 2.37. The molecule has 0 bridgehead atoms. The Kier molecular flexibility index (Phi) is 8.54. The summed E-state index contributed by atoms with van der Waals surface area (Å²) >= 11 is 0. The monoisotopic (exact) mass is 289 g/mol. The van der Waals surface area contributed by atoms with Crippen LogP contribution in [0, 0.1) is 5.41 Å². The minimum atomic E-state index is -1.07. The molecule has 0 saturated carbocycles. The van der Waals surface area contributed by atoms with Crippen LogP contribution in [0.4, 0.5) is 0 Å². The van der Waals surface area contributed by atoms with E-state index in [0.29, 0.717) is 19.4 Å². The van der Waals surface area contributed by atoms with Gasteiger partial charge in [0.2, 0.25) is 0 Å². The number of hydrogen-bond acceptors (Lipinski definition) is 4. The van der Waals surface area contributed by atoms with E-state index in [4.69, 9.17) is 15.9 Å². The Morgan fingerprint density at radius 2 is 1.20 bits per heavy atom. The highest BCUT2D eigenvalue weighted by molar-refractivity contribution is 5.75. The third-order valence-corrected chi connectivity index (χ3v) is 3.41. The first-order chi connectivity index (χ1) is 9.34. The first-order valence-electron chi connectivity index (χ1n) is 6.71. The molecule has 0 fully saturated rings. The summed E-state index contributed by atoms with van der Waals surface area (Å²) in [7, 11) is 0. The van der Waals surface area contributed by atoms with Gasteiger partial charge in [-0.05, 0) is 45.1 Å². The van der Waals surface area contributed by atoms with Gasteiger partial charge in [-0.3, -0.25) is 14.4 Å². The van der Waals surface area contributed by atoms with Crippen LogP contribution in [0.1, 0.15) is 51.4 Å². The first kappa shape index (κ1) is 18.4. The number of nitrogens with two attached hydrogens (primary N) is 1. The molecular weight excluding hydrogens is 266 g/mol. The zero-order valence-electron chi connectivity index (χ0n) is 11.5. The van der Waals surface area contributed by atoms with Crippen LogP contribution in [0.3, 0.4) is 0 Å². The average molecular weight is 289 g/mol. The van der Waals surface area contributed by atoms with Gasteiger partial charge in [0.15, 0.2) is 0 Å². The molecule has 0 spiro atoms. The standard InChI is InChI=1S/C13H23NO6/c14-9-3-8-13(12(19)20,6-1-4-10(15)16)7-2-5-11(17)18/h1-9,14H2,(H,15,16)(H,17,18)(H,19,20). The SMILES string of the molecule is NCCCC(CCCC(=O)O)(CCCC(=O)O)C(=O)O. The molecule has 20 heavy (non-hydrogen) atoms. The fraction of sp³-hybridized carbons (Fsp3) is 0.769. The van der Waals surface area contributed by atoms with Crippen molar-refractivity contribution in [2.45, 2.75) is 51.4 Å². The van der Waals surface area contributed by atoms with E-state index in [-0.39, 0.29) is 38.5 Å². The Labute approximate surface area is 117 Å². The summed E-state index contributed by atoms with van der Waals surface area (Å²) in [6.07, 6.45) is 1.68. The molecule has 0 radical (unpaired) electrons. The van der Waals surface area contributed by atoms with Crippen molar-refractivity contribution in [3.8, 4) is 0 Å². The van der Waals surface area contributed by atoms with Gasteiger partial charge in [0, 0.05) is 12.8 Å². The van der Waals surface area contributed by atoms with Crippen molar-refractivity contribution in [3.05, 3.63) is 0 Å². The topological polar surface area (TPSA) is 138 Å². The van der Waals surface area contributed by atoms with Gasteiger partial charge in [0.1, 0.15) is 0 Å². The molecule has 0 saturated heterocycles. The summed E-state index contributed by atoms with van der Waals surface area (Å²) in [6.45, 7) is 0.354. The molecule has 116 valence electrons. The molecule has 0 aliphatic carbocycles. The van der Waals surface area contributed by atoms with E-state index in [9.17, 15) is 19.5 Å². The fourth-order valence-corrected chi connectivity index (χ4v) is 2.29. The largest absolute Gasteiger partial charge is 0.481 e. The van der Waals surface area contributed by atoms with Gasteiger partial charge in [0.25, 0.3) is 0 Å². The quantitative estimate of drug-likeness (QED) is 0.425. The average Bonchev–Trinajstić information content (AvgIpc) is 2.34. The highest BCUT2D eigenvalue weighted by Crippen LogP contribution is 2.36. The molecule has 7 heteroatoms. The molecule has 0 atom stereocenters. The van der Waals surface area contributed by atoms with Gasteiger partial charge in [-0.2, -0.15) is 0 Å². The third-order valence-electron chi connectivity index (χ3n) is 3.41. The van der Waals surface area contributed by atoms with Crippen LogP contribution in [0.15, 0.2) is 0 Å². The van der Waals surface area contributed by atoms with E-state index in [2.05, 4.69) is 0 Å². The molecule has 5 N–H and O–H groups in total. The summed E-state index contributed by atoms with van der Waals surface area (Å²) in [4.78, 5) is 32.6. The second-order valence-corrected chi connectivity index (χ2v) is 4.97. The summed E-state index contributed by atoms with van der Waals surface area (Å²) < 4.78 is 0. The molecule has 0 amide bonds. The van der Waals surface area contributed by atoms with Gasteiger partial charge >= 0.3 is 17.9 Å². The van der Waals surface area contributed by atoms with E-state index >= 15 is 0 Å². The lowest BCUT2D eigenvalue weighted by Crippen LogP contribution is -2.32. The summed E-state index contributed by atoms with van der Waals surface area (Å²) in [5, 5.41) is 26.7. The minimum absolute atomic E-state index is 0.0867. The predicted molar refractivity (Wildman–Crippen MR) is 71.3 cm³/mol. The Morgan fingerprint density at radius 3 is 1.50 bits per heavy atom. The molecule has 0 aliphatic heterocycles. The molecular formula is C13H23NO6. The number of carboxylic acids is 3. The smallest absolute Gasteiger partial charge is 0.309 e.